The van der Waals surface area contributed by atoms with Gasteiger partial charge in [0.15, 0.2) is 0 Å². The van der Waals surface area contributed by atoms with Gasteiger partial charge in [-0.25, -0.2) is 4.99 Å². The Labute approximate surface area is 156 Å². The van der Waals surface area contributed by atoms with E-state index in [1.165, 1.54) is 25.3 Å². The van der Waals surface area contributed by atoms with Crippen molar-refractivity contribution in [3.8, 4) is 0 Å². The van der Waals surface area contributed by atoms with Crippen molar-refractivity contribution >= 4 is 23.2 Å². The van der Waals surface area contributed by atoms with E-state index in [4.69, 9.17) is 23.1 Å². The van der Waals surface area contributed by atoms with Crippen LogP contribution in [0.5, 0.6) is 0 Å². The molecule has 0 aromatic rings. The molecule has 1 fully saturated rings. The molecular formula is C19H31ClN4O. The van der Waals surface area contributed by atoms with Crippen LogP contribution in [0, 0.1) is 5.41 Å². The predicted octanol–water partition coefficient (Wildman–Crippen LogP) is 3.36. The second-order valence-electron chi connectivity index (χ2n) is 6.75. The number of amides is 1. The molecule has 140 valence electrons. The highest BCUT2D eigenvalue weighted by molar-refractivity contribution is 6.31. The minimum atomic E-state index is -0.531. The van der Waals surface area contributed by atoms with Crippen molar-refractivity contribution in [3.63, 3.8) is 0 Å². The Bertz CT molecular complexity index is 593. The summed E-state index contributed by atoms with van der Waals surface area (Å²) in [6.07, 6.45) is 9.67. The van der Waals surface area contributed by atoms with Gasteiger partial charge in [-0.3, -0.25) is 4.79 Å². The van der Waals surface area contributed by atoms with Crippen LogP contribution in [0.15, 0.2) is 39.6 Å². The van der Waals surface area contributed by atoms with Crippen LogP contribution in [0.25, 0.3) is 0 Å². The van der Waals surface area contributed by atoms with Gasteiger partial charge >= 0.3 is 0 Å². The van der Waals surface area contributed by atoms with E-state index in [-0.39, 0.29) is 6.04 Å². The highest BCUT2D eigenvalue weighted by Crippen LogP contribution is 2.43. The van der Waals surface area contributed by atoms with Gasteiger partial charge < -0.3 is 16.8 Å². The summed E-state index contributed by atoms with van der Waals surface area (Å²) in [6, 6.07) is -0.235. The second kappa shape index (κ2) is 9.78. The summed E-state index contributed by atoms with van der Waals surface area (Å²) in [4.78, 5) is 15.9. The molecule has 1 rings (SSSR count). The molecule has 0 aromatic carbocycles. The Morgan fingerprint density at radius 1 is 1.40 bits per heavy atom. The quantitative estimate of drug-likeness (QED) is 0.332. The lowest BCUT2D eigenvalue weighted by Gasteiger charge is -2.41. The van der Waals surface area contributed by atoms with Crippen molar-refractivity contribution in [2.45, 2.75) is 59.4 Å². The van der Waals surface area contributed by atoms with Crippen LogP contribution in [0.1, 0.15) is 53.4 Å². The monoisotopic (exact) mass is 366 g/mol. The molecular weight excluding hydrogens is 336 g/mol. The van der Waals surface area contributed by atoms with Crippen molar-refractivity contribution in [2.75, 3.05) is 6.54 Å². The molecule has 1 saturated carbocycles. The summed E-state index contributed by atoms with van der Waals surface area (Å²) < 4.78 is 0. The Balaban J connectivity index is 3.03. The fourth-order valence-electron chi connectivity index (χ4n) is 2.91. The lowest BCUT2D eigenvalue weighted by atomic mass is 9.67. The SMILES string of the molecule is C\C=C(Cl)/C=C(\C(C)=N\C(=C/C(N)=O)NCC1(CC)CCC1)C(C)N. The van der Waals surface area contributed by atoms with Crippen molar-refractivity contribution < 1.29 is 4.79 Å². The van der Waals surface area contributed by atoms with E-state index in [1.807, 2.05) is 20.8 Å². The number of hydrogen-bond acceptors (Lipinski definition) is 4. The van der Waals surface area contributed by atoms with Crippen molar-refractivity contribution in [2.24, 2.45) is 21.9 Å². The molecule has 0 aliphatic heterocycles. The first kappa shape index (κ1) is 21.5. The molecule has 1 amide bonds. The first-order valence-corrected chi connectivity index (χ1v) is 9.20. The fraction of sp³-hybridized carbons (Fsp3) is 0.579. The third-order valence-corrected chi connectivity index (χ3v) is 5.18. The Morgan fingerprint density at radius 3 is 2.44 bits per heavy atom. The molecule has 5 N–H and O–H groups in total. The molecule has 6 heteroatoms. The van der Waals surface area contributed by atoms with Gasteiger partial charge in [0.2, 0.25) is 5.91 Å². The Morgan fingerprint density at radius 2 is 2.04 bits per heavy atom. The van der Waals surface area contributed by atoms with Crippen molar-refractivity contribution in [3.05, 3.63) is 34.7 Å². The maximum atomic E-state index is 11.4. The van der Waals surface area contributed by atoms with Crippen LogP contribution in [0.3, 0.4) is 0 Å². The summed E-state index contributed by atoms with van der Waals surface area (Å²) in [7, 11) is 0. The van der Waals surface area contributed by atoms with Gasteiger partial charge in [0.1, 0.15) is 5.82 Å². The summed E-state index contributed by atoms with van der Waals surface area (Å²) >= 11 is 6.11. The number of primary amides is 1. The average Bonchev–Trinajstić information content (AvgIpc) is 2.50. The molecule has 0 bridgehead atoms. The van der Waals surface area contributed by atoms with Crippen molar-refractivity contribution in [1.29, 1.82) is 0 Å². The zero-order valence-electron chi connectivity index (χ0n) is 15.7. The number of allylic oxidation sites excluding steroid dienone is 3. The number of nitrogens with zero attached hydrogens (tertiary/aromatic N) is 1. The molecule has 0 saturated heterocycles. The number of hydrogen-bond donors (Lipinski definition) is 3. The third kappa shape index (κ3) is 6.67. The third-order valence-electron chi connectivity index (χ3n) is 4.85. The molecule has 1 aliphatic carbocycles. The summed E-state index contributed by atoms with van der Waals surface area (Å²) in [5, 5.41) is 3.89. The number of nitrogens with two attached hydrogens (primary N) is 2. The molecule has 0 aromatic heterocycles. The van der Waals surface area contributed by atoms with E-state index >= 15 is 0 Å². The minimum Gasteiger partial charge on any atom is -0.369 e. The molecule has 0 radical (unpaired) electrons. The van der Waals surface area contributed by atoms with Crippen LogP contribution >= 0.6 is 11.6 Å². The van der Waals surface area contributed by atoms with Gasteiger partial charge in [-0.05, 0) is 57.1 Å². The summed E-state index contributed by atoms with van der Waals surface area (Å²) in [6.45, 7) is 8.56. The summed E-state index contributed by atoms with van der Waals surface area (Å²) in [5.74, 6) is -0.0658. The first-order valence-electron chi connectivity index (χ1n) is 8.82. The number of halogens is 1. The van der Waals surface area contributed by atoms with Gasteiger partial charge in [0, 0.05) is 29.4 Å². The van der Waals surface area contributed by atoms with Gasteiger partial charge in [-0.15, -0.1) is 0 Å². The highest BCUT2D eigenvalue weighted by atomic mass is 35.5. The lowest BCUT2D eigenvalue weighted by molar-refractivity contribution is -0.113. The molecule has 5 nitrogen and oxygen atoms in total. The normalized spacial score (nSPS) is 20.1. The number of nitrogens with one attached hydrogen (secondary N) is 1. The molecule has 25 heavy (non-hydrogen) atoms. The fourth-order valence-corrected chi connectivity index (χ4v) is 3.03. The molecule has 1 aliphatic rings. The van der Waals surface area contributed by atoms with Crippen LogP contribution in [-0.2, 0) is 4.79 Å². The number of aliphatic imine (C=N–C) groups is 1. The molecule has 1 atom stereocenters. The predicted molar refractivity (Wildman–Crippen MR) is 106 cm³/mol. The van der Waals surface area contributed by atoms with Gasteiger partial charge in [-0.1, -0.05) is 31.0 Å². The standard InChI is InChI=1S/C19H31ClN4O/c1-5-15(20)10-16(13(3)21)14(4)24-18(11-17(22)25)23-12-19(6-2)8-7-9-19/h5,10-11,13,23H,6-9,12,21H2,1-4H3,(H2,22,25)/b15-5+,16-10-,18-11-,24-14+. The maximum absolute atomic E-state index is 11.4. The highest BCUT2D eigenvalue weighted by Gasteiger charge is 2.34. The van der Waals surface area contributed by atoms with Gasteiger partial charge in [0.05, 0.1) is 0 Å². The largest absolute Gasteiger partial charge is 0.369 e. The minimum absolute atomic E-state index is 0.235. The van der Waals surface area contributed by atoms with Crippen LogP contribution in [0.2, 0.25) is 0 Å². The Kier molecular flexibility index (Phi) is 8.39. The van der Waals surface area contributed by atoms with Gasteiger partial charge in [0.25, 0.3) is 0 Å². The van der Waals surface area contributed by atoms with E-state index in [1.54, 1.807) is 12.2 Å². The molecule has 0 heterocycles. The van der Waals surface area contributed by atoms with E-state index in [0.29, 0.717) is 22.0 Å². The van der Waals surface area contributed by atoms with E-state index < -0.39 is 5.91 Å². The summed E-state index contributed by atoms with van der Waals surface area (Å²) in [5.41, 5.74) is 13.2. The van der Waals surface area contributed by atoms with Gasteiger partial charge in [-0.2, -0.15) is 0 Å². The van der Waals surface area contributed by atoms with Crippen LogP contribution in [0.4, 0.5) is 0 Å². The van der Waals surface area contributed by atoms with E-state index in [0.717, 1.165) is 18.5 Å². The zero-order valence-corrected chi connectivity index (χ0v) is 16.5. The average molecular weight is 367 g/mol. The van der Waals surface area contributed by atoms with Crippen molar-refractivity contribution in [1.82, 2.24) is 5.32 Å². The topological polar surface area (TPSA) is 93.5 Å². The Hall–Kier alpha value is -1.59. The first-order chi connectivity index (χ1) is 11.7. The van der Waals surface area contributed by atoms with Crippen LogP contribution < -0.4 is 16.8 Å². The smallest absolute Gasteiger partial charge is 0.245 e. The second-order valence-corrected chi connectivity index (χ2v) is 7.19. The number of carbonyl (C=O) groups excluding carboxylic acids is 1. The lowest BCUT2D eigenvalue weighted by Crippen LogP contribution is -2.39. The van der Waals surface area contributed by atoms with Crippen LogP contribution in [-0.4, -0.2) is 24.2 Å². The molecule has 1 unspecified atom stereocenters. The maximum Gasteiger partial charge on any atom is 0.245 e. The zero-order chi connectivity index (χ0) is 19.0. The molecule has 0 spiro atoms. The van der Waals surface area contributed by atoms with E-state index in [9.17, 15) is 4.79 Å². The van der Waals surface area contributed by atoms with E-state index in [2.05, 4.69) is 17.2 Å². The number of rotatable bonds is 9. The number of carbonyl (C=O) groups is 1.